The van der Waals surface area contributed by atoms with E-state index in [9.17, 15) is 18.0 Å². The van der Waals surface area contributed by atoms with Crippen molar-refractivity contribution in [2.75, 3.05) is 6.54 Å². The van der Waals surface area contributed by atoms with Crippen molar-refractivity contribution in [2.45, 2.75) is 23.6 Å². The molecule has 3 aromatic rings. The van der Waals surface area contributed by atoms with Crippen LogP contribution in [0.15, 0.2) is 88.9 Å². The van der Waals surface area contributed by atoms with E-state index in [1.807, 2.05) is 42.5 Å². The fraction of sp³-hybridized carbons (Fsp3) is 0.167. The summed E-state index contributed by atoms with van der Waals surface area (Å²) in [6, 6.07) is 22.1. The summed E-state index contributed by atoms with van der Waals surface area (Å²) in [5.41, 5.74) is 2.60. The number of nitrogens with one attached hydrogen (secondary N) is 1. The lowest BCUT2D eigenvalue weighted by molar-refractivity contribution is -0.275. The van der Waals surface area contributed by atoms with Crippen molar-refractivity contribution < 1.29 is 22.7 Å². The van der Waals surface area contributed by atoms with Gasteiger partial charge in [-0.15, -0.1) is 13.2 Å². The van der Waals surface area contributed by atoms with Crippen LogP contribution in [0.25, 0.3) is 0 Å². The van der Waals surface area contributed by atoms with Crippen LogP contribution >= 0.6 is 23.5 Å². The molecule has 0 fully saturated rings. The maximum Gasteiger partial charge on any atom is 0.573 e. The summed E-state index contributed by atoms with van der Waals surface area (Å²) in [5, 5.41) is 6.47. The number of benzene rings is 3. The van der Waals surface area contributed by atoms with Crippen molar-refractivity contribution in [1.82, 2.24) is 9.73 Å². The first kappa shape index (κ1) is 24.0. The zero-order valence-corrected chi connectivity index (χ0v) is 19.2. The Morgan fingerprint density at radius 2 is 1.71 bits per heavy atom. The first-order valence-electron chi connectivity index (χ1n) is 10.3. The number of urea groups is 1. The van der Waals surface area contributed by atoms with Crippen LogP contribution in [0.3, 0.4) is 0 Å². The molecule has 1 N–H and O–H groups in total. The molecule has 176 valence electrons. The second-order valence-electron chi connectivity index (χ2n) is 7.37. The molecule has 0 aromatic heterocycles. The van der Waals surface area contributed by atoms with Crippen LogP contribution in [0.5, 0.6) is 5.75 Å². The summed E-state index contributed by atoms with van der Waals surface area (Å²) >= 11 is 6.77. The van der Waals surface area contributed by atoms with Gasteiger partial charge in [-0.3, -0.25) is 4.72 Å². The van der Waals surface area contributed by atoms with Gasteiger partial charge < -0.3 is 4.74 Å². The molecule has 34 heavy (non-hydrogen) atoms. The van der Waals surface area contributed by atoms with E-state index in [2.05, 4.69) is 14.6 Å². The molecule has 1 heterocycles. The highest BCUT2D eigenvalue weighted by atomic mass is 35.5. The third-order valence-electron chi connectivity index (χ3n) is 5.09. The van der Waals surface area contributed by atoms with Gasteiger partial charge in [0.2, 0.25) is 0 Å². The Bertz CT molecular complexity index is 1170. The number of nitrogens with zero attached hydrogens (tertiary/aromatic N) is 2. The molecule has 2 amide bonds. The number of amides is 2. The summed E-state index contributed by atoms with van der Waals surface area (Å²) in [5.74, 6) is -0.423. The van der Waals surface area contributed by atoms with Gasteiger partial charge in [0.25, 0.3) is 0 Å². The molecule has 10 heteroatoms. The first-order valence-corrected chi connectivity index (χ1v) is 11.5. The summed E-state index contributed by atoms with van der Waals surface area (Å²) in [6.07, 6.45) is -4.21. The molecule has 4 rings (SSSR count). The van der Waals surface area contributed by atoms with Gasteiger partial charge in [-0.1, -0.05) is 66.2 Å². The topological polar surface area (TPSA) is 53.9 Å². The van der Waals surface area contributed by atoms with Crippen LogP contribution in [0.4, 0.5) is 18.0 Å². The maximum absolute atomic E-state index is 12.8. The number of carbonyl (C=O) groups is 1. The molecular formula is C24H19ClF3N3O2S. The van der Waals surface area contributed by atoms with Crippen LogP contribution in [0.1, 0.15) is 23.5 Å². The molecular weight excluding hydrogens is 487 g/mol. The molecule has 0 bridgehead atoms. The van der Waals surface area contributed by atoms with Crippen molar-refractivity contribution in [1.29, 1.82) is 0 Å². The Morgan fingerprint density at radius 3 is 2.41 bits per heavy atom. The van der Waals surface area contributed by atoms with Crippen molar-refractivity contribution in [3.63, 3.8) is 0 Å². The summed E-state index contributed by atoms with van der Waals surface area (Å²) in [7, 11) is 0. The molecule has 0 saturated heterocycles. The number of rotatable bonds is 5. The zero-order chi connectivity index (χ0) is 24.1. The number of ether oxygens (including phenoxy) is 1. The Labute approximate surface area is 203 Å². The maximum atomic E-state index is 12.8. The highest BCUT2D eigenvalue weighted by Crippen LogP contribution is 2.33. The first-order chi connectivity index (χ1) is 16.3. The number of hydrogen-bond donors (Lipinski definition) is 1. The van der Waals surface area contributed by atoms with Crippen molar-refractivity contribution >= 4 is 35.3 Å². The van der Waals surface area contributed by atoms with Crippen molar-refractivity contribution in [3.8, 4) is 5.75 Å². The van der Waals surface area contributed by atoms with Gasteiger partial charge in [0.15, 0.2) is 0 Å². The number of carbonyl (C=O) groups excluding carboxylic acids is 1. The van der Waals surface area contributed by atoms with E-state index in [1.165, 1.54) is 23.2 Å². The van der Waals surface area contributed by atoms with Crippen LogP contribution in [-0.4, -0.2) is 29.7 Å². The number of halogens is 4. The molecule has 1 aliphatic rings. The smallest absolute Gasteiger partial charge is 0.405 e. The third-order valence-corrected chi connectivity index (χ3v) is 6.17. The minimum atomic E-state index is -4.84. The van der Waals surface area contributed by atoms with Crippen molar-refractivity contribution in [2.24, 2.45) is 5.10 Å². The lowest BCUT2D eigenvalue weighted by Gasteiger charge is -2.30. The molecule has 0 radical (unpaired) electrons. The monoisotopic (exact) mass is 505 g/mol. The fourth-order valence-corrected chi connectivity index (χ4v) is 4.35. The molecule has 0 spiro atoms. The molecule has 1 aliphatic heterocycles. The van der Waals surface area contributed by atoms with Crippen LogP contribution in [0, 0.1) is 0 Å². The fourth-order valence-electron chi connectivity index (χ4n) is 3.57. The zero-order valence-electron chi connectivity index (χ0n) is 17.6. The predicted octanol–water partition coefficient (Wildman–Crippen LogP) is 6.85. The van der Waals surface area contributed by atoms with E-state index in [1.54, 1.807) is 18.2 Å². The Hall–Kier alpha value is -3.17. The van der Waals surface area contributed by atoms with Gasteiger partial charge in [0.05, 0.1) is 10.6 Å². The average Bonchev–Trinajstić information content (AvgIpc) is 2.83. The summed E-state index contributed by atoms with van der Waals surface area (Å²) < 4.78 is 44.6. The van der Waals surface area contributed by atoms with E-state index in [-0.39, 0.29) is 10.8 Å². The number of para-hydroxylation sites is 1. The van der Waals surface area contributed by atoms with Gasteiger partial charge in [-0.25, -0.2) is 9.80 Å². The molecule has 0 saturated carbocycles. The van der Waals surface area contributed by atoms with E-state index in [0.29, 0.717) is 23.7 Å². The number of alkyl halides is 3. The van der Waals surface area contributed by atoms with Crippen LogP contribution < -0.4 is 9.46 Å². The Balaban J connectivity index is 1.55. The van der Waals surface area contributed by atoms with Gasteiger partial charge in [0.1, 0.15) is 5.75 Å². The lowest BCUT2D eigenvalue weighted by atomic mass is 9.86. The third kappa shape index (κ3) is 6.03. The number of hydrazone groups is 1. The lowest BCUT2D eigenvalue weighted by Crippen LogP contribution is -2.39. The quantitative estimate of drug-likeness (QED) is 0.386. The second kappa shape index (κ2) is 10.4. The van der Waals surface area contributed by atoms with Crippen LogP contribution in [-0.2, 0) is 0 Å². The average molecular weight is 506 g/mol. The summed E-state index contributed by atoms with van der Waals surface area (Å²) in [4.78, 5) is 13.0. The Morgan fingerprint density at radius 1 is 1.03 bits per heavy atom. The highest BCUT2D eigenvalue weighted by Gasteiger charge is 2.32. The Kier molecular flexibility index (Phi) is 7.33. The molecule has 5 nitrogen and oxygen atoms in total. The van der Waals surface area contributed by atoms with Gasteiger partial charge in [-0.2, -0.15) is 5.10 Å². The summed E-state index contributed by atoms with van der Waals surface area (Å²) in [6.45, 7) is 0.337. The van der Waals surface area contributed by atoms with Crippen molar-refractivity contribution in [3.05, 3.63) is 95.0 Å². The molecule has 1 atom stereocenters. The van der Waals surface area contributed by atoms with Gasteiger partial charge in [-0.05, 0) is 53.8 Å². The van der Waals surface area contributed by atoms with Crippen LogP contribution in [0.2, 0.25) is 5.02 Å². The van der Waals surface area contributed by atoms with E-state index < -0.39 is 18.1 Å². The molecule has 0 aliphatic carbocycles. The van der Waals surface area contributed by atoms with E-state index >= 15 is 0 Å². The van der Waals surface area contributed by atoms with E-state index in [4.69, 9.17) is 11.6 Å². The standard InChI is InChI=1S/C24H19ClF3N3O2S/c25-18-12-10-17(11-13-18)22-19(16-6-2-1-3-7-16)14-15-31(29-22)23(32)30-34-21-9-5-4-8-20(21)33-24(26,27)28/h1-13,19H,14-15H2,(H,30,32). The predicted molar refractivity (Wildman–Crippen MR) is 126 cm³/mol. The largest absolute Gasteiger partial charge is 0.573 e. The minimum Gasteiger partial charge on any atom is -0.405 e. The SMILES string of the molecule is O=C(NSc1ccccc1OC(F)(F)F)N1CCC(c2ccccc2)C(c2ccc(Cl)cc2)=N1. The highest BCUT2D eigenvalue weighted by molar-refractivity contribution is 7.98. The van der Waals surface area contributed by atoms with Gasteiger partial charge >= 0.3 is 12.4 Å². The molecule has 1 unspecified atom stereocenters. The normalized spacial score (nSPS) is 16.1. The van der Waals surface area contributed by atoms with E-state index in [0.717, 1.165) is 23.1 Å². The van der Waals surface area contributed by atoms with Gasteiger partial charge in [0, 0.05) is 17.5 Å². The second-order valence-corrected chi connectivity index (χ2v) is 8.66. The molecule has 3 aromatic carbocycles. The number of hydrogen-bond acceptors (Lipinski definition) is 4. The minimum absolute atomic E-state index is 0.0278.